The number of pyridine rings is 1. The van der Waals surface area contributed by atoms with E-state index in [9.17, 15) is 4.79 Å². The van der Waals surface area contributed by atoms with Crippen LogP contribution in [0.1, 0.15) is 27.3 Å². The smallest absolute Gasteiger partial charge is 0.256 e. The number of hydrogen-bond donors (Lipinski definition) is 1. The largest absolute Gasteiger partial charge is 0.319 e. The Balaban J connectivity index is 2.01. The van der Waals surface area contributed by atoms with E-state index < -0.39 is 0 Å². The van der Waals surface area contributed by atoms with Crippen LogP contribution in [0.2, 0.25) is 0 Å². The predicted molar refractivity (Wildman–Crippen MR) is 83.8 cm³/mol. The number of carbonyl (C=O) groups is 1. The van der Waals surface area contributed by atoms with Crippen LogP contribution in [0.4, 0.5) is 5.69 Å². The second-order valence-electron chi connectivity index (χ2n) is 5.17. The second kappa shape index (κ2) is 5.05. The summed E-state index contributed by atoms with van der Waals surface area (Å²) in [5.41, 5.74) is 5.18. The first-order chi connectivity index (χ1) is 10.1. The lowest BCUT2D eigenvalue weighted by Crippen LogP contribution is -2.14. The number of carbonyl (C=O) groups excluding carboxylic acids is 1. The monoisotopic (exact) mass is 279 g/mol. The molecule has 4 nitrogen and oxygen atoms in total. The first-order valence-corrected chi connectivity index (χ1v) is 6.89. The van der Waals surface area contributed by atoms with Crippen LogP contribution in [0, 0.1) is 20.8 Å². The van der Waals surface area contributed by atoms with Crippen LogP contribution in [0.25, 0.3) is 5.65 Å². The van der Waals surface area contributed by atoms with Crippen LogP contribution in [-0.2, 0) is 0 Å². The van der Waals surface area contributed by atoms with Crippen molar-refractivity contribution in [3.05, 3.63) is 65.1 Å². The molecule has 2 heterocycles. The summed E-state index contributed by atoms with van der Waals surface area (Å²) in [5, 5.41) is 2.96. The zero-order valence-electron chi connectivity index (χ0n) is 12.3. The summed E-state index contributed by atoms with van der Waals surface area (Å²) in [6.07, 6.45) is 1.95. The number of fused-ring (bicyclic) bond motifs is 1. The van der Waals surface area contributed by atoms with E-state index >= 15 is 0 Å². The molecule has 0 unspecified atom stereocenters. The fourth-order valence-electron chi connectivity index (χ4n) is 2.41. The number of anilines is 1. The average molecular weight is 279 g/mol. The molecule has 1 amide bonds. The van der Waals surface area contributed by atoms with Crippen LogP contribution >= 0.6 is 0 Å². The molecule has 0 aliphatic heterocycles. The molecule has 4 heteroatoms. The van der Waals surface area contributed by atoms with Crippen molar-refractivity contribution >= 4 is 17.2 Å². The van der Waals surface area contributed by atoms with Crippen LogP contribution in [0.5, 0.6) is 0 Å². The standard InChI is InChI=1S/C17H17N3O/c1-11-7-4-5-8-14(11)17(21)19-15-9-6-10-20-13(3)12(2)18-16(15)20/h4-10H,1-3H3,(H,19,21). The fraction of sp³-hybridized carbons (Fsp3) is 0.176. The number of benzene rings is 1. The van der Waals surface area contributed by atoms with Crippen molar-refractivity contribution in [1.82, 2.24) is 9.38 Å². The SMILES string of the molecule is Cc1ccccc1C(=O)Nc1cccn2c(C)c(C)nc12. The van der Waals surface area contributed by atoms with E-state index in [4.69, 9.17) is 0 Å². The third kappa shape index (κ3) is 2.29. The summed E-state index contributed by atoms with van der Waals surface area (Å²) in [7, 11) is 0. The Morgan fingerprint density at radius 1 is 1.10 bits per heavy atom. The van der Waals surface area contributed by atoms with Crippen LogP contribution < -0.4 is 5.32 Å². The van der Waals surface area contributed by atoms with Gasteiger partial charge in [-0.2, -0.15) is 0 Å². The first kappa shape index (κ1) is 13.4. The third-order valence-corrected chi connectivity index (χ3v) is 3.76. The van der Waals surface area contributed by atoms with Gasteiger partial charge in [-0.25, -0.2) is 4.98 Å². The molecule has 1 aromatic carbocycles. The lowest BCUT2D eigenvalue weighted by atomic mass is 10.1. The number of amides is 1. The van der Waals surface area contributed by atoms with Crippen molar-refractivity contribution in [2.75, 3.05) is 5.32 Å². The molecule has 3 rings (SSSR count). The van der Waals surface area contributed by atoms with E-state index in [1.54, 1.807) is 0 Å². The van der Waals surface area contributed by atoms with E-state index in [1.807, 2.05) is 67.8 Å². The van der Waals surface area contributed by atoms with E-state index in [0.717, 1.165) is 28.3 Å². The maximum Gasteiger partial charge on any atom is 0.256 e. The number of aryl methyl sites for hydroxylation is 3. The average Bonchev–Trinajstić information content (AvgIpc) is 2.76. The number of imidazole rings is 1. The summed E-state index contributed by atoms with van der Waals surface area (Å²) in [6.45, 7) is 5.91. The Hall–Kier alpha value is -2.62. The van der Waals surface area contributed by atoms with Crippen molar-refractivity contribution in [2.45, 2.75) is 20.8 Å². The van der Waals surface area contributed by atoms with Gasteiger partial charge in [0, 0.05) is 17.5 Å². The highest BCUT2D eigenvalue weighted by atomic mass is 16.1. The molecule has 0 spiro atoms. The van der Waals surface area contributed by atoms with Gasteiger partial charge in [-0.15, -0.1) is 0 Å². The second-order valence-corrected chi connectivity index (χ2v) is 5.17. The topological polar surface area (TPSA) is 46.4 Å². The van der Waals surface area contributed by atoms with Crippen molar-refractivity contribution in [3.63, 3.8) is 0 Å². The molecule has 0 bridgehead atoms. The van der Waals surface area contributed by atoms with Crippen LogP contribution in [0.15, 0.2) is 42.6 Å². The Labute approximate surface area is 123 Å². The molecule has 106 valence electrons. The summed E-state index contributed by atoms with van der Waals surface area (Å²) in [6, 6.07) is 11.3. The van der Waals surface area contributed by atoms with Gasteiger partial charge < -0.3 is 9.72 Å². The summed E-state index contributed by atoms with van der Waals surface area (Å²) in [4.78, 5) is 17.0. The molecular weight excluding hydrogens is 262 g/mol. The van der Waals surface area contributed by atoms with Gasteiger partial charge in [-0.1, -0.05) is 18.2 Å². The Morgan fingerprint density at radius 2 is 1.86 bits per heavy atom. The van der Waals surface area contributed by atoms with Gasteiger partial charge in [-0.05, 0) is 44.5 Å². The number of aromatic nitrogens is 2. The van der Waals surface area contributed by atoms with Crippen molar-refractivity contribution in [2.24, 2.45) is 0 Å². The van der Waals surface area contributed by atoms with Gasteiger partial charge in [0.2, 0.25) is 0 Å². The minimum Gasteiger partial charge on any atom is -0.319 e. The molecule has 0 saturated heterocycles. The molecule has 0 aliphatic carbocycles. The number of nitrogens with one attached hydrogen (secondary N) is 1. The number of hydrogen-bond acceptors (Lipinski definition) is 2. The maximum absolute atomic E-state index is 12.4. The Morgan fingerprint density at radius 3 is 2.62 bits per heavy atom. The minimum atomic E-state index is -0.112. The third-order valence-electron chi connectivity index (χ3n) is 3.76. The van der Waals surface area contributed by atoms with Gasteiger partial charge in [0.15, 0.2) is 5.65 Å². The quantitative estimate of drug-likeness (QED) is 0.780. The van der Waals surface area contributed by atoms with Gasteiger partial charge in [0.25, 0.3) is 5.91 Å². The Kier molecular flexibility index (Phi) is 3.22. The molecule has 3 aromatic rings. The molecule has 2 aromatic heterocycles. The fourth-order valence-corrected chi connectivity index (χ4v) is 2.41. The highest BCUT2D eigenvalue weighted by Crippen LogP contribution is 2.20. The van der Waals surface area contributed by atoms with E-state index in [0.29, 0.717) is 5.56 Å². The van der Waals surface area contributed by atoms with Crippen molar-refractivity contribution in [3.8, 4) is 0 Å². The Bertz CT molecular complexity index is 833. The molecule has 0 atom stereocenters. The van der Waals surface area contributed by atoms with Gasteiger partial charge >= 0.3 is 0 Å². The molecule has 0 fully saturated rings. The predicted octanol–water partition coefficient (Wildman–Crippen LogP) is 3.51. The normalized spacial score (nSPS) is 10.8. The van der Waals surface area contributed by atoms with Gasteiger partial charge in [-0.3, -0.25) is 4.79 Å². The van der Waals surface area contributed by atoms with Crippen molar-refractivity contribution < 1.29 is 4.79 Å². The minimum absolute atomic E-state index is 0.112. The van der Waals surface area contributed by atoms with Gasteiger partial charge in [0.05, 0.1) is 11.4 Å². The highest BCUT2D eigenvalue weighted by molar-refractivity contribution is 6.06. The zero-order chi connectivity index (χ0) is 15.0. The zero-order valence-corrected chi connectivity index (χ0v) is 12.3. The molecule has 21 heavy (non-hydrogen) atoms. The molecule has 0 radical (unpaired) electrons. The summed E-state index contributed by atoms with van der Waals surface area (Å²) in [5.74, 6) is -0.112. The number of nitrogens with zero attached hydrogens (tertiary/aromatic N) is 2. The lowest BCUT2D eigenvalue weighted by Gasteiger charge is -2.08. The number of rotatable bonds is 2. The van der Waals surface area contributed by atoms with Crippen LogP contribution in [-0.4, -0.2) is 15.3 Å². The molecule has 1 N–H and O–H groups in total. The summed E-state index contributed by atoms with van der Waals surface area (Å²) < 4.78 is 1.99. The van der Waals surface area contributed by atoms with Gasteiger partial charge in [0.1, 0.15) is 0 Å². The lowest BCUT2D eigenvalue weighted by molar-refractivity contribution is 0.102. The van der Waals surface area contributed by atoms with E-state index in [1.165, 1.54) is 0 Å². The molecule has 0 saturated carbocycles. The van der Waals surface area contributed by atoms with E-state index in [-0.39, 0.29) is 5.91 Å². The van der Waals surface area contributed by atoms with Crippen molar-refractivity contribution in [1.29, 1.82) is 0 Å². The van der Waals surface area contributed by atoms with E-state index in [2.05, 4.69) is 10.3 Å². The molecular formula is C17H17N3O. The van der Waals surface area contributed by atoms with Crippen LogP contribution in [0.3, 0.4) is 0 Å². The summed E-state index contributed by atoms with van der Waals surface area (Å²) >= 11 is 0. The molecule has 0 aliphatic rings. The first-order valence-electron chi connectivity index (χ1n) is 6.89. The maximum atomic E-state index is 12.4. The highest BCUT2D eigenvalue weighted by Gasteiger charge is 2.13.